The molecule has 0 fully saturated rings. The maximum absolute atomic E-state index is 12.1. The highest BCUT2D eigenvalue weighted by atomic mass is 79.9. The first kappa shape index (κ1) is 16.6. The fourth-order valence-electron chi connectivity index (χ4n) is 1.39. The Morgan fingerprint density at radius 3 is 2.53 bits per heavy atom. The lowest BCUT2D eigenvalue weighted by Gasteiger charge is -2.12. The average molecular weight is 415 g/mol. The molecule has 0 heterocycles. The van der Waals surface area contributed by atoms with Crippen LogP contribution in [0, 0.1) is 5.92 Å². The highest BCUT2D eigenvalue weighted by molar-refractivity contribution is 9.11. The molecule has 0 radical (unpaired) electrons. The summed E-state index contributed by atoms with van der Waals surface area (Å²) in [6.07, 6.45) is 0.360. The van der Waals surface area contributed by atoms with Crippen LogP contribution in [0.5, 0.6) is 0 Å². The zero-order valence-corrected chi connectivity index (χ0v) is 14.0. The summed E-state index contributed by atoms with van der Waals surface area (Å²) in [5.41, 5.74) is 0. The molecule has 0 saturated carbocycles. The predicted molar refractivity (Wildman–Crippen MR) is 78.4 cm³/mol. The summed E-state index contributed by atoms with van der Waals surface area (Å²) in [5, 5.41) is 8.88. The van der Waals surface area contributed by atoms with Crippen LogP contribution >= 0.6 is 31.9 Å². The number of carboxylic acid groups (broad SMARTS) is 1. The number of sulfonamides is 1. The van der Waals surface area contributed by atoms with Crippen LogP contribution in [0.3, 0.4) is 0 Å². The lowest BCUT2D eigenvalue weighted by molar-refractivity contribution is -0.141. The maximum Gasteiger partial charge on any atom is 0.307 e. The number of carbonyl (C=O) groups is 1. The number of rotatable bonds is 6. The molecule has 0 bridgehead atoms. The topological polar surface area (TPSA) is 83.5 Å². The molecule has 1 aromatic carbocycles. The molecular weight excluding hydrogens is 402 g/mol. The van der Waals surface area contributed by atoms with Gasteiger partial charge in [0.2, 0.25) is 10.0 Å². The first-order valence-electron chi connectivity index (χ1n) is 5.45. The molecular formula is C11H13Br2NO4S. The molecule has 0 aliphatic heterocycles. The number of hydrogen-bond donors (Lipinski definition) is 2. The van der Waals surface area contributed by atoms with Crippen molar-refractivity contribution >= 4 is 47.9 Å². The Morgan fingerprint density at radius 1 is 1.42 bits per heavy atom. The molecule has 106 valence electrons. The van der Waals surface area contributed by atoms with Gasteiger partial charge < -0.3 is 5.11 Å². The summed E-state index contributed by atoms with van der Waals surface area (Å²) in [7, 11) is -3.73. The zero-order chi connectivity index (χ0) is 14.6. The van der Waals surface area contributed by atoms with E-state index < -0.39 is 21.9 Å². The minimum Gasteiger partial charge on any atom is -0.481 e. The molecule has 2 N–H and O–H groups in total. The van der Waals surface area contributed by atoms with Gasteiger partial charge in [0.05, 0.1) is 10.8 Å². The van der Waals surface area contributed by atoms with E-state index in [0.29, 0.717) is 10.9 Å². The Morgan fingerprint density at radius 2 is 2.05 bits per heavy atom. The highest BCUT2D eigenvalue weighted by Gasteiger charge is 2.22. The molecule has 0 aliphatic carbocycles. The van der Waals surface area contributed by atoms with Crippen molar-refractivity contribution in [1.82, 2.24) is 4.72 Å². The molecule has 0 amide bonds. The standard InChI is InChI=1S/C11H13Br2NO4S/c1-2-7(11(15)16)6-14-19(17,18)10-4-3-8(12)5-9(10)13/h3-5,7,14H,2,6H2,1H3,(H,15,16). The molecule has 19 heavy (non-hydrogen) atoms. The van der Waals surface area contributed by atoms with E-state index in [-0.39, 0.29) is 11.4 Å². The summed E-state index contributed by atoms with van der Waals surface area (Å²) in [5.74, 6) is -1.75. The van der Waals surface area contributed by atoms with Gasteiger partial charge in [-0.15, -0.1) is 0 Å². The molecule has 1 rings (SSSR count). The van der Waals surface area contributed by atoms with Gasteiger partial charge in [-0.2, -0.15) is 0 Å². The number of benzene rings is 1. The van der Waals surface area contributed by atoms with E-state index in [4.69, 9.17) is 5.11 Å². The van der Waals surface area contributed by atoms with E-state index in [1.807, 2.05) is 0 Å². The highest BCUT2D eigenvalue weighted by Crippen LogP contribution is 2.25. The van der Waals surface area contributed by atoms with Gasteiger partial charge in [-0.25, -0.2) is 13.1 Å². The largest absolute Gasteiger partial charge is 0.481 e. The van der Waals surface area contributed by atoms with E-state index in [2.05, 4.69) is 36.6 Å². The van der Waals surface area contributed by atoms with E-state index in [0.717, 1.165) is 4.47 Å². The Hall–Kier alpha value is -0.440. The number of nitrogens with one attached hydrogen (secondary N) is 1. The smallest absolute Gasteiger partial charge is 0.307 e. The van der Waals surface area contributed by atoms with Gasteiger partial charge in [0, 0.05) is 15.5 Å². The quantitative estimate of drug-likeness (QED) is 0.749. The van der Waals surface area contributed by atoms with Crippen LogP contribution in [0.4, 0.5) is 0 Å². The molecule has 8 heteroatoms. The summed E-state index contributed by atoms with van der Waals surface area (Å²) in [4.78, 5) is 10.9. The van der Waals surface area contributed by atoms with Gasteiger partial charge in [0.25, 0.3) is 0 Å². The van der Waals surface area contributed by atoms with Crippen molar-refractivity contribution in [3.63, 3.8) is 0 Å². The second-order valence-electron chi connectivity index (χ2n) is 3.87. The predicted octanol–water partition coefficient (Wildman–Crippen LogP) is 2.60. The summed E-state index contributed by atoms with van der Waals surface area (Å²) in [6.45, 7) is 1.57. The Kier molecular flexibility index (Phi) is 5.97. The second kappa shape index (κ2) is 6.83. The third kappa shape index (κ3) is 4.55. The molecule has 0 spiro atoms. The van der Waals surface area contributed by atoms with Gasteiger partial charge in [0.1, 0.15) is 0 Å². The molecule has 5 nitrogen and oxygen atoms in total. The lowest BCUT2D eigenvalue weighted by atomic mass is 10.1. The van der Waals surface area contributed by atoms with Crippen molar-refractivity contribution in [2.75, 3.05) is 6.54 Å². The van der Waals surface area contributed by atoms with Crippen molar-refractivity contribution in [2.45, 2.75) is 18.2 Å². The van der Waals surface area contributed by atoms with Crippen molar-refractivity contribution in [1.29, 1.82) is 0 Å². The van der Waals surface area contributed by atoms with Crippen LogP contribution < -0.4 is 4.72 Å². The first-order chi connectivity index (χ1) is 8.77. The van der Waals surface area contributed by atoms with Gasteiger partial charge in [-0.3, -0.25) is 4.79 Å². The van der Waals surface area contributed by atoms with Gasteiger partial charge >= 0.3 is 5.97 Å². The van der Waals surface area contributed by atoms with Crippen molar-refractivity contribution in [2.24, 2.45) is 5.92 Å². The first-order valence-corrected chi connectivity index (χ1v) is 8.52. The van der Waals surface area contributed by atoms with Gasteiger partial charge in [0.15, 0.2) is 0 Å². The number of hydrogen-bond acceptors (Lipinski definition) is 3. The monoisotopic (exact) mass is 413 g/mol. The van der Waals surface area contributed by atoms with Crippen LogP contribution in [0.1, 0.15) is 13.3 Å². The Labute approximate surface area is 128 Å². The van der Waals surface area contributed by atoms with Crippen LogP contribution in [0.15, 0.2) is 32.0 Å². The SMILES string of the molecule is CCC(CNS(=O)(=O)c1ccc(Br)cc1Br)C(=O)O. The summed E-state index contributed by atoms with van der Waals surface area (Å²) < 4.78 is 27.6. The third-order valence-electron chi connectivity index (χ3n) is 2.55. The number of carboxylic acids is 1. The van der Waals surface area contributed by atoms with Crippen LogP contribution in [0.25, 0.3) is 0 Å². The Bertz CT molecular complexity index is 574. The molecule has 1 unspecified atom stereocenters. The van der Waals surface area contributed by atoms with E-state index in [1.54, 1.807) is 19.1 Å². The molecule has 0 saturated heterocycles. The molecule has 0 aliphatic rings. The number of halogens is 2. The molecule has 0 aromatic heterocycles. The maximum atomic E-state index is 12.1. The van der Waals surface area contributed by atoms with Gasteiger partial charge in [-0.05, 0) is 40.5 Å². The lowest BCUT2D eigenvalue weighted by Crippen LogP contribution is -2.32. The fourth-order valence-corrected chi connectivity index (χ4v) is 4.21. The molecule has 1 aromatic rings. The number of aliphatic carboxylic acids is 1. The summed E-state index contributed by atoms with van der Waals surface area (Å²) >= 11 is 6.40. The normalized spacial score (nSPS) is 13.2. The summed E-state index contributed by atoms with van der Waals surface area (Å²) in [6, 6.07) is 4.66. The van der Waals surface area contributed by atoms with Crippen molar-refractivity contribution < 1.29 is 18.3 Å². The average Bonchev–Trinajstić information content (AvgIpc) is 2.28. The van der Waals surface area contributed by atoms with E-state index in [9.17, 15) is 13.2 Å². The van der Waals surface area contributed by atoms with Crippen molar-refractivity contribution in [3.8, 4) is 0 Å². The van der Waals surface area contributed by atoms with Crippen LogP contribution in [-0.2, 0) is 14.8 Å². The van der Waals surface area contributed by atoms with Gasteiger partial charge in [-0.1, -0.05) is 22.9 Å². The van der Waals surface area contributed by atoms with Crippen LogP contribution in [0.2, 0.25) is 0 Å². The minimum atomic E-state index is -3.73. The van der Waals surface area contributed by atoms with E-state index >= 15 is 0 Å². The molecule has 1 atom stereocenters. The third-order valence-corrected chi connectivity index (χ3v) is 5.44. The second-order valence-corrected chi connectivity index (χ2v) is 7.38. The van der Waals surface area contributed by atoms with Crippen molar-refractivity contribution in [3.05, 3.63) is 27.1 Å². The minimum absolute atomic E-state index is 0.0796. The zero-order valence-electron chi connectivity index (χ0n) is 10.1. The van der Waals surface area contributed by atoms with Crippen LogP contribution in [-0.4, -0.2) is 26.0 Å². The fraction of sp³-hybridized carbons (Fsp3) is 0.364. The Balaban J connectivity index is 2.90. The van der Waals surface area contributed by atoms with E-state index in [1.165, 1.54) is 6.07 Å².